The van der Waals surface area contributed by atoms with Gasteiger partial charge in [-0.25, -0.2) is 4.98 Å². The fourth-order valence-electron chi connectivity index (χ4n) is 0.981. The second-order valence-corrected chi connectivity index (χ2v) is 2.78. The Labute approximate surface area is 81.7 Å². The van der Waals surface area contributed by atoms with Crippen LogP contribution in [-0.2, 0) is 9.53 Å². The number of nitrogens with zero attached hydrogens (tertiary/aromatic N) is 2. The number of imidazole rings is 1. The lowest BCUT2D eigenvalue weighted by atomic mass is 10.2. The van der Waals surface area contributed by atoms with Gasteiger partial charge in [0.15, 0.2) is 0 Å². The average Bonchev–Trinajstić information content (AvgIpc) is 2.68. The molecule has 0 saturated heterocycles. The molecule has 0 aliphatic heterocycles. The first-order valence-corrected chi connectivity index (χ1v) is 4.35. The van der Waals surface area contributed by atoms with Crippen molar-refractivity contribution in [2.75, 3.05) is 6.61 Å². The van der Waals surface area contributed by atoms with E-state index >= 15 is 0 Å². The van der Waals surface area contributed by atoms with E-state index in [2.05, 4.69) is 4.98 Å². The minimum atomic E-state index is -0.788. The molecule has 1 rings (SSSR count). The summed E-state index contributed by atoms with van der Waals surface area (Å²) in [4.78, 5) is 26.5. The van der Waals surface area contributed by atoms with Crippen molar-refractivity contribution in [3.05, 3.63) is 18.7 Å². The van der Waals surface area contributed by atoms with Crippen LogP contribution in [0.2, 0.25) is 0 Å². The van der Waals surface area contributed by atoms with Crippen molar-refractivity contribution in [1.82, 2.24) is 9.55 Å². The minimum Gasteiger partial charge on any atom is -0.465 e. The summed E-state index contributed by atoms with van der Waals surface area (Å²) in [5.41, 5.74) is 0. The molecule has 76 valence electrons. The van der Waals surface area contributed by atoms with Crippen LogP contribution in [0, 0.1) is 5.92 Å². The summed E-state index contributed by atoms with van der Waals surface area (Å²) in [6.07, 6.45) is 4.34. The van der Waals surface area contributed by atoms with E-state index < -0.39 is 11.9 Å². The van der Waals surface area contributed by atoms with Crippen LogP contribution in [0.15, 0.2) is 18.7 Å². The van der Waals surface area contributed by atoms with Crippen LogP contribution in [0.3, 0.4) is 0 Å². The number of hydrogen-bond acceptors (Lipinski definition) is 4. The van der Waals surface area contributed by atoms with E-state index in [0.29, 0.717) is 0 Å². The van der Waals surface area contributed by atoms with Crippen LogP contribution in [0.4, 0.5) is 0 Å². The minimum absolute atomic E-state index is 0.278. The van der Waals surface area contributed by atoms with Crippen LogP contribution in [0.5, 0.6) is 0 Å². The van der Waals surface area contributed by atoms with Gasteiger partial charge in [0, 0.05) is 12.4 Å². The zero-order chi connectivity index (χ0) is 10.6. The molecular formula is C9H12N2O3. The van der Waals surface area contributed by atoms with Crippen LogP contribution in [0.1, 0.15) is 18.6 Å². The van der Waals surface area contributed by atoms with E-state index in [1.165, 1.54) is 30.2 Å². The standard InChI is InChI=1S/C9H12N2O3/c1-3-14-9(13)7(2)8(12)11-5-4-10-6-11/h4-7H,3H2,1-2H3. The Balaban J connectivity index is 2.66. The average molecular weight is 196 g/mol. The van der Waals surface area contributed by atoms with Crippen LogP contribution in [-0.4, -0.2) is 28.0 Å². The van der Waals surface area contributed by atoms with E-state index in [9.17, 15) is 9.59 Å². The van der Waals surface area contributed by atoms with E-state index in [1.807, 2.05) is 0 Å². The SMILES string of the molecule is CCOC(=O)C(C)C(=O)n1ccnc1. The summed E-state index contributed by atoms with van der Waals surface area (Å²) in [6, 6.07) is 0. The maximum atomic E-state index is 11.5. The quantitative estimate of drug-likeness (QED) is 0.528. The highest BCUT2D eigenvalue weighted by Crippen LogP contribution is 2.03. The zero-order valence-electron chi connectivity index (χ0n) is 8.14. The summed E-state index contributed by atoms with van der Waals surface area (Å²) in [5, 5.41) is 0. The van der Waals surface area contributed by atoms with E-state index in [1.54, 1.807) is 6.92 Å². The maximum absolute atomic E-state index is 11.5. The molecule has 0 spiro atoms. The molecule has 0 aliphatic rings. The van der Waals surface area contributed by atoms with Gasteiger partial charge in [0.2, 0.25) is 5.91 Å². The fraction of sp³-hybridized carbons (Fsp3) is 0.444. The number of esters is 1. The first kappa shape index (κ1) is 10.4. The topological polar surface area (TPSA) is 61.2 Å². The third-order valence-electron chi connectivity index (χ3n) is 1.77. The molecule has 0 amide bonds. The van der Waals surface area contributed by atoms with Crippen molar-refractivity contribution in [1.29, 1.82) is 0 Å². The Kier molecular flexibility index (Phi) is 3.39. The molecule has 1 aromatic rings. The van der Waals surface area contributed by atoms with Gasteiger partial charge >= 0.3 is 5.97 Å². The first-order chi connectivity index (χ1) is 6.66. The first-order valence-electron chi connectivity index (χ1n) is 4.35. The van der Waals surface area contributed by atoms with E-state index in [-0.39, 0.29) is 12.5 Å². The van der Waals surface area contributed by atoms with Gasteiger partial charge in [-0.15, -0.1) is 0 Å². The molecular weight excluding hydrogens is 184 g/mol. The van der Waals surface area contributed by atoms with Gasteiger partial charge in [-0.3, -0.25) is 14.2 Å². The lowest BCUT2D eigenvalue weighted by Crippen LogP contribution is -2.27. The van der Waals surface area contributed by atoms with Crippen molar-refractivity contribution in [2.45, 2.75) is 13.8 Å². The molecule has 1 aromatic heterocycles. The molecule has 5 nitrogen and oxygen atoms in total. The molecule has 5 heteroatoms. The van der Waals surface area contributed by atoms with Gasteiger partial charge in [0.25, 0.3) is 0 Å². The molecule has 14 heavy (non-hydrogen) atoms. The fourth-order valence-corrected chi connectivity index (χ4v) is 0.981. The molecule has 1 heterocycles. The molecule has 0 saturated carbocycles. The summed E-state index contributed by atoms with van der Waals surface area (Å²) in [5.74, 6) is -1.63. The van der Waals surface area contributed by atoms with Crippen molar-refractivity contribution in [2.24, 2.45) is 5.92 Å². The Morgan fingerprint density at radius 3 is 2.79 bits per heavy atom. The molecule has 0 fully saturated rings. The molecule has 1 atom stereocenters. The monoisotopic (exact) mass is 196 g/mol. The predicted molar refractivity (Wildman–Crippen MR) is 48.7 cm³/mol. The molecule has 0 aliphatic carbocycles. The third kappa shape index (κ3) is 2.18. The lowest BCUT2D eigenvalue weighted by molar-refractivity contribution is -0.145. The van der Waals surface area contributed by atoms with Crippen LogP contribution in [0.25, 0.3) is 0 Å². The van der Waals surface area contributed by atoms with Crippen LogP contribution < -0.4 is 0 Å². The highest BCUT2D eigenvalue weighted by Gasteiger charge is 2.23. The number of carbonyl (C=O) groups is 2. The highest BCUT2D eigenvalue weighted by molar-refractivity contribution is 5.98. The predicted octanol–water partition coefficient (Wildman–Crippen LogP) is 0.723. The second kappa shape index (κ2) is 4.55. The Morgan fingerprint density at radius 1 is 1.57 bits per heavy atom. The van der Waals surface area contributed by atoms with Gasteiger partial charge in [-0.05, 0) is 13.8 Å². The molecule has 0 N–H and O–H groups in total. The van der Waals surface area contributed by atoms with E-state index in [4.69, 9.17) is 4.74 Å². The summed E-state index contributed by atoms with van der Waals surface area (Å²) < 4.78 is 5.99. The number of carbonyl (C=O) groups excluding carboxylic acids is 2. The Bertz CT molecular complexity index is 319. The summed E-state index contributed by atoms with van der Waals surface area (Å²) >= 11 is 0. The number of ether oxygens (including phenoxy) is 1. The molecule has 1 unspecified atom stereocenters. The van der Waals surface area contributed by atoms with Gasteiger partial charge in [0.05, 0.1) is 6.61 Å². The largest absolute Gasteiger partial charge is 0.465 e. The molecule has 0 radical (unpaired) electrons. The normalized spacial score (nSPS) is 12.1. The lowest BCUT2D eigenvalue weighted by Gasteiger charge is -2.08. The van der Waals surface area contributed by atoms with Gasteiger partial charge in [-0.2, -0.15) is 0 Å². The Morgan fingerprint density at radius 2 is 2.29 bits per heavy atom. The van der Waals surface area contributed by atoms with Crippen molar-refractivity contribution < 1.29 is 14.3 Å². The van der Waals surface area contributed by atoms with Crippen molar-refractivity contribution in [3.8, 4) is 0 Å². The smallest absolute Gasteiger partial charge is 0.318 e. The zero-order valence-corrected chi connectivity index (χ0v) is 8.14. The second-order valence-electron chi connectivity index (χ2n) is 2.78. The summed E-state index contributed by atoms with van der Waals surface area (Å²) in [6.45, 7) is 3.49. The number of rotatable bonds is 3. The number of hydrogen-bond donors (Lipinski definition) is 0. The van der Waals surface area contributed by atoms with Crippen molar-refractivity contribution >= 4 is 11.9 Å². The van der Waals surface area contributed by atoms with E-state index in [0.717, 1.165) is 0 Å². The third-order valence-corrected chi connectivity index (χ3v) is 1.77. The van der Waals surface area contributed by atoms with Gasteiger partial charge in [0.1, 0.15) is 12.2 Å². The highest BCUT2D eigenvalue weighted by atomic mass is 16.5. The van der Waals surface area contributed by atoms with Crippen molar-refractivity contribution in [3.63, 3.8) is 0 Å². The number of aromatic nitrogens is 2. The molecule has 0 bridgehead atoms. The maximum Gasteiger partial charge on any atom is 0.318 e. The molecule has 0 aromatic carbocycles. The Hall–Kier alpha value is -1.65. The summed E-state index contributed by atoms with van der Waals surface area (Å²) in [7, 11) is 0. The van der Waals surface area contributed by atoms with Gasteiger partial charge in [-0.1, -0.05) is 0 Å². The van der Waals surface area contributed by atoms with Gasteiger partial charge < -0.3 is 4.74 Å². The van der Waals surface area contributed by atoms with Crippen LogP contribution >= 0.6 is 0 Å².